The van der Waals surface area contributed by atoms with Crippen LogP contribution < -0.4 is 5.32 Å². The van der Waals surface area contributed by atoms with Crippen molar-refractivity contribution in [2.75, 3.05) is 13.2 Å². The molecule has 98 valence electrons. The summed E-state index contributed by atoms with van der Waals surface area (Å²) >= 11 is 6.25. The van der Waals surface area contributed by atoms with Gasteiger partial charge in [0.2, 0.25) is 0 Å². The highest BCUT2D eigenvalue weighted by molar-refractivity contribution is 6.31. The topological polar surface area (TPSA) is 21.3 Å². The van der Waals surface area contributed by atoms with Crippen LogP contribution in [0.1, 0.15) is 24.8 Å². The Bertz CT molecular complexity index is 405. The van der Waals surface area contributed by atoms with E-state index in [2.05, 4.69) is 17.4 Å². The van der Waals surface area contributed by atoms with Gasteiger partial charge < -0.3 is 10.1 Å². The monoisotopic (exact) mass is 265 g/mol. The molecule has 1 saturated carbocycles. The van der Waals surface area contributed by atoms with Gasteiger partial charge in [-0.2, -0.15) is 0 Å². The van der Waals surface area contributed by atoms with E-state index < -0.39 is 0 Å². The molecule has 1 saturated heterocycles. The average molecular weight is 266 g/mol. The summed E-state index contributed by atoms with van der Waals surface area (Å²) in [6.07, 6.45) is 4.84. The van der Waals surface area contributed by atoms with Gasteiger partial charge in [-0.15, -0.1) is 0 Å². The van der Waals surface area contributed by atoms with Crippen molar-refractivity contribution in [2.45, 2.75) is 37.8 Å². The van der Waals surface area contributed by atoms with Crippen LogP contribution in [-0.4, -0.2) is 25.3 Å². The Labute approximate surface area is 114 Å². The third kappa shape index (κ3) is 3.05. The number of ether oxygens (including phenoxy) is 1. The van der Waals surface area contributed by atoms with Crippen molar-refractivity contribution >= 4 is 11.6 Å². The van der Waals surface area contributed by atoms with Gasteiger partial charge in [0.25, 0.3) is 0 Å². The Morgan fingerprint density at radius 2 is 2.06 bits per heavy atom. The summed E-state index contributed by atoms with van der Waals surface area (Å²) in [5.74, 6) is 0.555. The number of nitrogens with one attached hydrogen (secondary N) is 1. The van der Waals surface area contributed by atoms with E-state index in [1.807, 2.05) is 12.1 Å². The van der Waals surface area contributed by atoms with Crippen LogP contribution in [0.15, 0.2) is 24.3 Å². The van der Waals surface area contributed by atoms with Gasteiger partial charge in [-0.1, -0.05) is 29.8 Å². The first-order valence-electron chi connectivity index (χ1n) is 6.90. The van der Waals surface area contributed by atoms with E-state index in [1.165, 1.54) is 18.4 Å². The third-order valence-corrected chi connectivity index (χ3v) is 4.31. The molecule has 3 heteroatoms. The first kappa shape index (κ1) is 12.5. The van der Waals surface area contributed by atoms with Crippen molar-refractivity contribution in [2.24, 2.45) is 5.92 Å². The van der Waals surface area contributed by atoms with Gasteiger partial charge in [0.05, 0.1) is 6.61 Å². The maximum atomic E-state index is 6.25. The third-order valence-electron chi connectivity index (χ3n) is 3.94. The molecule has 3 rings (SSSR count). The molecule has 1 heterocycles. The lowest BCUT2D eigenvalue weighted by molar-refractivity contribution is 0.0316. The van der Waals surface area contributed by atoms with Crippen LogP contribution in [0.3, 0.4) is 0 Å². The van der Waals surface area contributed by atoms with Crippen LogP contribution in [0.5, 0.6) is 0 Å². The van der Waals surface area contributed by atoms with E-state index in [0.717, 1.165) is 37.1 Å². The second kappa shape index (κ2) is 5.60. The smallest absolute Gasteiger partial charge is 0.0512 e. The van der Waals surface area contributed by atoms with Gasteiger partial charge >= 0.3 is 0 Å². The Hall–Kier alpha value is -0.570. The Kier molecular flexibility index (Phi) is 3.88. The Morgan fingerprint density at radius 1 is 1.22 bits per heavy atom. The summed E-state index contributed by atoms with van der Waals surface area (Å²) in [7, 11) is 0. The minimum atomic E-state index is 0.555. The molecule has 0 spiro atoms. The Balaban J connectivity index is 1.66. The van der Waals surface area contributed by atoms with E-state index in [9.17, 15) is 0 Å². The lowest BCUT2D eigenvalue weighted by Crippen LogP contribution is -2.44. The Morgan fingerprint density at radius 3 is 2.83 bits per heavy atom. The highest BCUT2D eigenvalue weighted by atomic mass is 35.5. The lowest BCUT2D eigenvalue weighted by atomic mass is 9.89. The van der Waals surface area contributed by atoms with Crippen molar-refractivity contribution in [3.63, 3.8) is 0 Å². The van der Waals surface area contributed by atoms with Gasteiger partial charge in [0, 0.05) is 29.6 Å². The average Bonchev–Trinajstić information content (AvgIpc) is 3.18. The van der Waals surface area contributed by atoms with Gasteiger partial charge in [0.1, 0.15) is 0 Å². The number of benzene rings is 1. The predicted molar refractivity (Wildman–Crippen MR) is 74.0 cm³/mol. The molecule has 0 bridgehead atoms. The zero-order valence-electron chi connectivity index (χ0n) is 10.6. The van der Waals surface area contributed by atoms with E-state index in [1.54, 1.807) is 0 Å². The molecular weight excluding hydrogens is 246 g/mol. The zero-order chi connectivity index (χ0) is 12.4. The van der Waals surface area contributed by atoms with Gasteiger partial charge in [-0.3, -0.25) is 0 Å². The number of hydrogen-bond donors (Lipinski definition) is 1. The number of rotatable bonds is 4. The molecule has 2 fully saturated rings. The van der Waals surface area contributed by atoms with Gasteiger partial charge in [-0.25, -0.2) is 0 Å². The quantitative estimate of drug-likeness (QED) is 0.904. The molecule has 2 unspecified atom stereocenters. The van der Waals surface area contributed by atoms with Crippen molar-refractivity contribution in [1.82, 2.24) is 5.32 Å². The fourth-order valence-corrected chi connectivity index (χ4v) is 2.93. The van der Waals surface area contributed by atoms with Crippen molar-refractivity contribution in [3.8, 4) is 0 Å². The SMILES string of the molecule is Clc1ccccc1CC1COCCC1NC1CC1. The van der Waals surface area contributed by atoms with Crippen molar-refractivity contribution < 1.29 is 4.74 Å². The van der Waals surface area contributed by atoms with Crippen LogP contribution >= 0.6 is 11.6 Å². The van der Waals surface area contributed by atoms with E-state index in [-0.39, 0.29) is 0 Å². The summed E-state index contributed by atoms with van der Waals surface area (Å²) in [4.78, 5) is 0. The van der Waals surface area contributed by atoms with Crippen LogP contribution in [0.4, 0.5) is 0 Å². The van der Waals surface area contributed by atoms with Crippen LogP contribution in [0, 0.1) is 5.92 Å². The predicted octanol–water partition coefficient (Wildman–Crippen LogP) is 3.04. The second-order valence-electron chi connectivity index (χ2n) is 5.47. The van der Waals surface area contributed by atoms with E-state index >= 15 is 0 Å². The van der Waals surface area contributed by atoms with E-state index in [4.69, 9.17) is 16.3 Å². The van der Waals surface area contributed by atoms with Crippen LogP contribution in [0.2, 0.25) is 5.02 Å². The normalized spacial score (nSPS) is 28.3. The van der Waals surface area contributed by atoms with Crippen LogP contribution in [-0.2, 0) is 11.2 Å². The minimum absolute atomic E-state index is 0.555. The summed E-state index contributed by atoms with van der Waals surface area (Å²) in [5.41, 5.74) is 1.25. The van der Waals surface area contributed by atoms with Gasteiger partial charge in [0.15, 0.2) is 0 Å². The largest absolute Gasteiger partial charge is 0.381 e. The van der Waals surface area contributed by atoms with Gasteiger partial charge in [-0.05, 0) is 37.3 Å². The summed E-state index contributed by atoms with van der Waals surface area (Å²) in [6.45, 7) is 1.75. The fourth-order valence-electron chi connectivity index (χ4n) is 2.72. The maximum absolute atomic E-state index is 6.25. The molecule has 18 heavy (non-hydrogen) atoms. The van der Waals surface area contributed by atoms with Crippen LogP contribution in [0.25, 0.3) is 0 Å². The molecule has 1 aromatic carbocycles. The molecule has 1 aromatic rings. The second-order valence-corrected chi connectivity index (χ2v) is 5.87. The molecule has 1 aliphatic carbocycles. The number of hydrogen-bond acceptors (Lipinski definition) is 2. The van der Waals surface area contributed by atoms with E-state index in [0.29, 0.717) is 12.0 Å². The molecular formula is C15H20ClNO. The first-order chi connectivity index (χ1) is 8.83. The zero-order valence-corrected chi connectivity index (χ0v) is 11.3. The maximum Gasteiger partial charge on any atom is 0.0512 e. The highest BCUT2D eigenvalue weighted by Gasteiger charge is 2.31. The number of halogens is 1. The lowest BCUT2D eigenvalue weighted by Gasteiger charge is -2.32. The molecule has 2 nitrogen and oxygen atoms in total. The summed E-state index contributed by atoms with van der Waals surface area (Å²) in [6, 6.07) is 9.52. The minimum Gasteiger partial charge on any atom is -0.381 e. The van der Waals surface area contributed by atoms with Crippen molar-refractivity contribution in [1.29, 1.82) is 0 Å². The molecule has 0 radical (unpaired) electrons. The molecule has 2 aliphatic rings. The molecule has 1 N–H and O–H groups in total. The fraction of sp³-hybridized carbons (Fsp3) is 0.600. The van der Waals surface area contributed by atoms with Crippen molar-refractivity contribution in [3.05, 3.63) is 34.9 Å². The molecule has 0 aromatic heterocycles. The summed E-state index contributed by atoms with van der Waals surface area (Å²) < 4.78 is 5.64. The molecule has 2 atom stereocenters. The highest BCUT2D eigenvalue weighted by Crippen LogP contribution is 2.27. The summed E-state index contributed by atoms with van der Waals surface area (Å²) in [5, 5.41) is 4.64. The molecule has 1 aliphatic heterocycles. The molecule has 0 amide bonds. The standard InChI is InChI=1S/C15H20ClNO/c16-14-4-2-1-3-11(14)9-12-10-18-8-7-15(12)17-13-5-6-13/h1-4,12-13,15,17H,5-10H2. The first-order valence-corrected chi connectivity index (χ1v) is 7.28.